The molecule has 0 saturated heterocycles. The molecule has 0 fully saturated rings. The number of anilines is 1. The molecule has 9 heteroatoms. The summed E-state index contributed by atoms with van der Waals surface area (Å²) >= 11 is 13.0. The molecule has 6 nitrogen and oxygen atoms in total. The predicted molar refractivity (Wildman–Crippen MR) is 96.8 cm³/mol. The maximum absolute atomic E-state index is 12.1. The molecule has 3 aromatic rings. The van der Waals surface area contributed by atoms with Gasteiger partial charge in [-0.05, 0) is 36.4 Å². The minimum absolute atomic E-state index is 0.0220. The molecule has 128 valence electrons. The molecule has 2 aromatic carbocycles. The molecule has 0 aliphatic heterocycles. The zero-order valence-corrected chi connectivity index (χ0v) is 14.8. The fourth-order valence-electron chi connectivity index (χ4n) is 2.01. The van der Waals surface area contributed by atoms with E-state index in [-0.39, 0.29) is 27.9 Å². The Bertz CT molecular complexity index is 974. The van der Waals surface area contributed by atoms with E-state index in [1.54, 1.807) is 18.2 Å². The number of amides is 1. The van der Waals surface area contributed by atoms with E-state index in [1.807, 2.05) is 0 Å². The zero-order valence-electron chi connectivity index (χ0n) is 12.5. The Morgan fingerprint density at radius 3 is 2.76 bits per heavy atom. The van der Waals surface area contributed by atoms with Crippen LogP contribution in [-0.2, 0) is 4.79 Å². The number of aromatic nitrogens is 1. The van der Waals surface area contributed by atoms with Crippen molar-refractivity contribution < 1.29 is 19.1 Å². The Morgan fingerprint density at radius 1 is 1.20 bits per heavy atom. The average Bonchev–Trinajstić information content (AvgIpc) is 2.96. The molecule has 3 rings (SSSR count). The van der Waals surface area contributed by atoms with E-state index < -0.39 is 5.97 Å². The third-order valence-electron chi connectivity index (χ3n) is 3.14. The number of fused-ring (bicyclic) bond motifs is 1. The molecule has 0 radical (unpaired) electrons. The lowest BCUT2D eigenvalue weighted by molar-refractivity contribution is -0.113. The number of thioether (sulfide) groups is 1. The molecule has 0 saturated carbocycles. The number of halogens is 2. The van der Waals surface area contributed by atoms with Gasteiger partial charge in [-0.25, -0.2) is 9.78 Å². The lowest BCUT2D eigenvalue weighted by atomic mass is 10.2. The highest BCUT2D eigenvalue weighted by molar-refractivity contribution is 7.99. The SMILES string of the molecule is O=C(CSc1nc2cc(Cl)ccc2o1)Nc1cc(C(=O)O)ccc1Cl. The van der Waals surface area contributed by atoms with Crippen molar-refractivity contribution in [1.82, 2.24) is 4.98 Å². The standard InChI is InChI=1S/C16H10Cl2N2O4S/c17-9-2-4-13-12(6-9)20-16(24-13)25-7-14(21)19-11-5-8(15(22)23)1-3-10(11)18/h1-6H,7H2,(H,19,21)(H,22,23). The third kappa shape index (κ3) is 4.25. The molecule has 0 bridgehead atoms. The summed E-state index contributed by atoms with van der Waals surface area (Å²) in [6.45, 7) is 0. The van der Waals surface area contributed by atoms with Crippen molar-refractivity contribution in [2.24, 2.45) is 0 Å². The Kier molecular flexibility index (Phi) is 5.17. The molecule has 0 aliphatic rings. The second-order valence-electron chi connectivity index (χ2n) is 4.93. The topological polar surface area (TPSA) is 92.4 Å². The summed E-state index contributed by atoms with van der Waals surface area (Å²) < 4.78 is 5.51. The molecule has 0 spiro atoms. The average molecular weight is 397 g/mol. The number of aromatic carboxylic acids is 1. The van der Waals surface area contributed by atoms with Gasteiger partial charge in [-0.3, -0.25) is 4.79 Å². The number of oxazole rings is 1. The number of rotatable bonds is 5. The fraction of sp³-hybridized carbons (Fsp3) is 0.0625. The van der Waals surface area contributed by atoms with Gasteiger partial charge in [-0.2, -0.15) is 0 Å². The van der Waals surface area contributed by atoms with Gasteiger partial charge < -0.3 is 14.8 Å². The van der Waals surface area contributed by atoms with Gasteiger partial charge in [0.25, 0.3) is 5.22 Å². The monoisotopic (exact) mass is 396 g/mol. The summed E-state index contributed by atoms with van der Waals surface area (Å²) in [5.74, 6) is -1.45. The lowest BCUT2D eigenvalue weighted by Crippen LogP contribution is -2.14. The lowest BCUT2D eigenvalue weighted by Gasteiger charge is -2.07. The van der Waals surface area contributed by atoms with Crippen LogP contribution in [0, 0.1) is 0 Å². The number of hydrogen-bond acceptors (Lipinski definition) is 5. The van der Waals surface area contributed by atoms with Crippen LogP contribution in [0.15, 0.2) is 46.0 Å². The largest absolute Gasteiger partial charge is 0.478 e. The number of carboxylic acid groups (broad SMARTS) is 1. The van der Waals surface area contributed by atoms with Gasteiger partial charge in [0.1, 0.15) is 5.52 Å². The van der Waals surface area contributed by atoms with Gasteiger partial charge in [0.2, 0.25) is 5.91 Å². The normalized spacial score (nSPS) is 10.8. The molecular weight excluding hydrogens is 387 g/mol. The van der Waals surface area contributed by atoms with Crippen molar-refractivity contribution in [3.05, 3.63) is 52.0 Å². The maximum atomic E-state index is 12.1. The van der Waals surface area contributed by atoms with Crippen molar-refractivity contribution in [2.45, 2.75) is 5.22 Å². The summed E-state index contributed by atoms with van der Waals surface area (Å²) in [4.78, 5) is 27.3. The van der Waals surface area contributed by atoms with E-state index in [4.69, 9.17) is 32.7 Å². The minimum atomic E-state index is -1.10. The highest BCUT2D eigenvalue weighted by atomic mass is 35.5. The summed E-state index contributed by atoms with van der Waals surface area (Å²) in [7, 11) is 0. The van der Waals surface area contributed by atoms with Crippen LogP contribution in [0.5, 0.6) is 0 Å². The van der Waals surface area contributed by atoms with Crippen LogP contribution in [0.25, 0.3) is 11.1 Å². The first-order valence-corrected chi connectivity index (χ1v) is 8.68. The van der Waals surface area contributed by atoms with Gasteiger partial charge >= 0.3 is 5.97 Å². The van der Waals surface area contributed by atoms with Gasteiger partial charge in [0.15, 0.2) is 5.58 Å². The predicted octanol–water partition coefficient (Wildman–Crippen LogP) is 4.56. The molecule has 1 heterocycles. The van der Waals surface area contributed by atoms with Crippen molar-refractivity contribution >= 4 is 63.6 Å². The van der Waals surface area contributed by atoms with Crippen LogP contribution < -0.4 is 5.32 Å². The van der Waals surface area contributed by atoms with Gasteiger partial charge in [0, 0.05) is 5.02 Å². The first kappa shape index (κ1) is 17.6. The van der Waals surface area contributed by atoms with Crippen LogP contribution >= 0.6 is 35.0 Å². The molecule has 0 atom stereocenters. The summed E-state index contributed by atoms with van der Waals surface area (Å²) in [5.41, 5.74) is 1.44. The number of carboxylic acids is 1. The van der Waals surface area contributed by atoms with E-state index in [0.717, 1.165) is 11.8 Å². The maximum Gasteiger partial charge on any atom is 0.335 e. The third-order valence-corrected chi connectivity index (χ3v) is 4.54. The number of nitrogens with zero attached hydrogens (tertiary/aromatic N) is 1. The van der Waals surface area contributed by atoms with E-state index >= 15 is 0 Å². The first-order valence-electron chi connectivity index (χ1n) is 6.94. The molecule has 0 aliphatic carbocycles. The molecule has 25 heavy (non-hydrogen) atoms. The summed E-state index contributed by atoms with van der Waals surface area (Å²) in [6, 6.07) is 9.13. The highest BCUT2D eigenvalue weighted by Gasteiger charge is 2.13. The van der Waals surface area contributed by atoms with Crippen LogP contribution in [0.1, 0.15) is 10.4 Å². The first-order chi connectivity index (χ1) is 11.9. The molecule has 0 unspecified atom stereocenters. The number of carbonyl (C=O) groups excluding carboxylic acids is 1. The molecular formula is C16H10Cl2N2O4S. The number of hydrogen-bond donors (Lipinski definition) is 2. The number of carbonyl (C=O) groups is 2. The van der Waals surface area contributed by atoms with E-state index in [1.165, 1.54) is 18.2 Å². The molecule has 1 aromatic heterocycles. The number of benzene rings is 2. The van der Waals surface area contributed by atoms with Gasteiger partial charge in [-0.1, -0.05) is 35.0 Å². The second kappa shape index (κ2) is 7.35. The zero-order chi connectivity index (χ0) is 18.0. The Hall–Kier alpha value is -2.22. The van der Waals surface area contributed by atoms with Crippen molar-refractivity contribution in [1.29, 1.82) is 0 Å². The van der Waals surface area contributed by atoms with Crippen LogP contribution in [0.2, 0.25) is 10.0 Å². The smallest absolute Gasteiger partial charge is 0.335 e. The quantitative estimate of drug-likeness (QED) is 0.613. The molecule has 2 N–H and O–H groups in total. The Balaban J connectivity index is 1.66. The van der Waals surface area contributed by atoms with Crippen LogP contribution in [0.4, 0.5) is 5.69 Å². The van der Waals surface area contributed by atoms with E-state index in [0.29, 0.717) is 21.3 Å². The van der Waals surface area contributed by atoms with Gasteiger partial charge in [0.05, 0.1) is 22.0 Å². The van der Waals surface area contributed by atoms with Crippen LogP contribution in [-0.4, -0.2) is 27.7 Å². The van der Waals surface area contributed by atoms with Crippen LogP contribution in [0.3, 0.4) is 0 Å². The van der Waals surface area contributed by atoms with Gasteiger partial charge in [-0.15, -0.1) is 0 Å². The second-order valence-corrected chi connectivity index (χ2v) is 6.70. The van der Waals surface area contributed by atoms with E-state index in [2.05, 4.69) is 10.3 Å². The molecule has 1 amide bonds. The fourth-order valence-corrected chi connectivity index (χ4v) is 2.98. The Labute approximate surface area is 156 Å². The van der Waals surface area contributed by atoms with Crippen molar-refractivity contribution in [3.8, 4) is 0 Å². The highest BCUT2D eigenvalue weighted by Crippen LogP contribution is 2.27. The van der Waals surface area contributed by atoms with E-state index in [9.17, 15) is 9.59 Å². The Morgan fingerprint density at radius 2 is 2.00 bits per heavy atom. The van der Waals surface area contributed by atoms with Crippen molar-refractivity contribution in [2.75, 3.05) is 11.1 Å². The minimum Gasteiger partial charge on any atom is -0.478 e. The van der Waals surface area contributed by atoms with Crippen molar-refractivity contribution in [3.63, 3.8) is 0 Å². The number of nitrogens with one attached hydrogen (secondary N) is 1. The summed E-state index contributed by atoms with van der Waals surface area (Å²) in [5, 5.41) is 12.7. The summed E-state index contributed by atoms with van der Waals surface area (Å²) in [6.07, 6.45) is 0.